The summed E-state index contributed by atoms with van der Waals surface area (Å²) in [6.07, 6.45) is 10.4. The lowest BCUT2D eigenvalue weighted by Gasteiger charge is -2.57. The molecule has 4 aliphatic rings. The highest BCUT2D eigenvalue weighted by Gasteiger charge is 2.50. The average molecular weight is 456 g/mol. The Morgan fingerprint density at radius 2 is 1.71 bits per heavy atom. The van der Waals surface area contributed by atoms with Crippen molar-refractivity contribution in [2.24, 2.45) is 23.2 Å². The van der Waals surface area contributed by atoms with Crippen molar-refractivity contribution in [3.05, 3.63) is 71.5 Å². The Hall–Kier alpha value is -2.92. The molecule has 5 nitrogen and oxygen atoms in total. The smallest absolute Gasteiger partial charge is 0.276 e. The molecule has 1 heterocycles. The highest BCUT2D eigenvalue weighted by molar-refractivity contribution is 6.04. The van der Waals surface area contributed by atoms with Crippen LogP contribution in [0.3, 0.4) is 0 Å². The Morgan fingerprint density at radius 1 is 1.00 bits per heavy atom. The van der Waals surface area contributed by atoms with E-state index in [1.807, 2.05) is 48.5 Å². The summed E-state index contributed by atoms with van der Waals surface area (Å²) in [6.45, 7) is -0.0550. The molecule has 1 amide bonds. The molecule has 0 spiro atoms. The SMILES string of the molecule is O=C(Nc1cccc(CO)c1)c1nc(-c2ccccc2)[nH]c1CCC12CC3CC(CC(C3)C1)C2. The molecule has 0 saturated heterocycles. The number of aryl methyl sites for hydroxylation is 1. The molecule has 34 heavy (non-hydrogen) atoms. The summed E-state index contributed by atoms with van der Waals surface area (Å²) >= 11 is 0. The van der Waals surface area contributed by atoms with E-state index in [1.54, 1.807) is 6.07 Å². The molecule has 0 atom stereocenters. The standard InChI is InChI=1S/C29H33N3O2/c33-18-19-5-4-8-24(14-19)30-28(34)26-25(31-27(32-26)23-6-2-1-3-7-23)9-10-29-15-20-11-21(16-29)13-22(12-20)17-29/h1-8,14,20-22,33H,9-13,15-18H2,(H,30,34)(H,31,32). The van der Waals surface area contributed by atoms with Crippen molar-refractivity contribution in [3.8, 4) is 11.4 Å². The lowest BCUT2D eigenvalue weighted by molar-refractivity contribution is -0.0570. The summed E-state index contributed by atoms with van der Waals surface area (Å²) in [4.78, 5) is 21.6. The fraction of sp³-hybridized carbons (Fsp3) is 0.448. The number of carbonyl (C=O) groups is 1. The molecule has 3 aromatic rings. The first-order chi connectivity index (χ1) is 16.6. The number of nitrogens with zero attached hydrogens (tertiary/aromatic N) is 1. The zero-order valence-electron chi connectivity index (χ0n) is 19.6. The molecule has 2 aromatic carbocycles. The van der Waals surface area contributed by atoms with Gasteiger partial charge in [0.15, 0.2) is 0 Å². The van der Waals surface area contributed by atoms with Crippen LogP contribution in [0.2, 0.25) is 0 Å². The van der Waals surface area contributed by atoms with Gasteiger partial charge >= 0.3 is 0 Å². The largest absolute Gasteiger partial charge is 0.392 e. The molecule has 176 valence electrons. The third-order valence-electron chi connectivity index (χ3n) is 8.48. The normalized spacial score (nSPS) is 27.1. The number of benzene rings is 2. The predicted octanol–water partition coefficient (Wildman–Crippen LogP) is 5.97. The number of amides is 1. The topological polar surface area (TPSA) is 78.0 Å². The number of aromatic nitrogens is 2. The van der Waals surface area contributed by atoms with E-state index >= 15 is 0 Å². The molecule has 0 unspecified atom stereocenters. The fourth-order valence-corrected chi connectivity index (χ4v) is 7.43. The van der Waals surface area contributed by atoms with Crippen LogP contribution in [0.15, 0.2) is 54.6 Å². The number of aliphatic hydroxyl groups is 1. The number of aromatic amines is 1. The third kappa shape index (κ3) is 4.18. The van der Waals surface area contributed by atoms with Crippen LogP contribution < -0.4 is 5.32 Å². The van der Waals surface area contributed by atoms with Crippen molar-refractivity contribution >= 4 is 11.6 Å². The monoisotopic (exact) mass is 455 g/mol. The second-order valence-corrected chi connectivity index (χ2v) is 11.0. The molecule has 5 heteroatoms. The van der Waals surface area contributed by atoms with Crippen molar-refractivity contribution < 1.29 is 9.90 Å². The number of aliphatic hydroxyl groups excluding tert-OH is 1. The second-order valence-electron chi connectivity index (χ2n) is 11.0. The van der Waals surface area contributed by atoms with E-state index in [2.05, 4.69) is 10.3 Å². The van der Waals surface area contributed by atoms with Gasteiger partial charge in [0.1, 0.15) is 11.5 Å². The minimum Gasteiger partial charge on any atom is -0.392 e. The van der Waals surface area contributed by atoms with E-state index in [0.717, 1.165) is 53.2 Å². The maximum absolute atomic E-state index is 13.3. The van der Waals surface area contributed by atoms with Crippen LogP contribution in [0, 0.1) is 23.2 Å². The number of hydrogen-bond donors (Lipinski definition) is 3. The summed E-state index contributed by atoms with van der Waals surface area (Å²) < 4.78 is 0. The second kappa shape index (κ2) is 8.70. The molecular formula is C29H33N3O2. The lowest BCUT2D eigenvalue weighted by atomic mass is 9.48. The van der Waals surface area contributed by atoms with Gasteiger partial charge in [0.2, 0.25) is 0 Å². The Balaban J connectivity index is 1.27. The van der Waals surface area contributed by atoms with Crippen LogP contribution in [0.25, 0.3) is 11.4 Å². The predicted molar refractivity (Wildman–Crippen MR) is 133 cm³/mol. The summed E-state index contributed by atoms with van der Waals surface area (Å²) in [5, 5.41) is 12.4. The lowest BCUT2D eigenvalue weighted by Crippen LogP contribution is -2.46. The van der Waals surface area contributed by atoms with Gasteiger partial charge < -0.3 is 15.4 Å². The molecule has 7 rings (SSSR count). The molecule has 0 radical (unpaired) electrons. The first kappa shape index (κ1) is 21.6. The zero-order chi connectivity index (χ0) is 23.1. The van der Waals surface area contributed by atoms with E-state index in [4.69, 9.17) is 4.98 Å². The maximum Gasteiger partial charge on any atom is 0.276 e. The minimum atomic E-state index is -0.200. The highest BCUT2D eigenvalue weighted by Crippen LogP contribution is 2.61. The van der Waals surface area contributed by atoms with Crippen LogP contribution in [-0.2, 0) is 13.0 Å². The fourth-order valence-electron chi connectivity index (χ4n) is 7.43. The first-order valence-corrected chi connectivity index (χ1v) is 12.7. The van der Waals surface area contributed by atoms with Crippen LogP contribution in [0.5, 0.6) is 0 Å². The van der Waals surface area contributed by atoms with E-state index in [9.17, 15) is 9.90 Å². The van der Waals surface area contributed by atoms with Gasteiger partial charge in [-0.15, -0.1) is 0 Å². The number of rotatable bonds is 7. The number of anilines is 1. The summed E-state index contributed by atoms with van der Waals surface area (Å²) in [7, 11) is 0. The van der Waals surface area contributed by atoms with Crippen molar-refractivity contribution in [2.75, 3.05) is 5.32 Å². The highest BCUT2D eigenvalue weighted by atomic mass is 16.3. The molecule has 4 bridgehead atoms. The maximum atomic E-state index is 13.3. The van der Waals surface area contributed by atoms with Crippen LogP contribution in [0.4, 0.5) is 5.69 Å². The van der Waals surface area contributed by atoms with Gasteiger partial charge in [-0.2, -0.15) is 0 Å². The van der Waals surface area contributed by atoms with E-state index in [-0.39, 0.29) is 12.5 Å². The van der Waals surface area contributed by atoms with Gasteiger partial charge in [-0.1, -0.05) is 42.5 Å². The molecule has 3 N–H and O–H groups in total. The van der Waals surface area contributed by atoms with Gasteiger partial charge in [0, 0.05) is 16.9 Å². The molecule has 4 fully saturated rings. The van der Waals surface area contributed by atoms with Crippen molar-refractivity contribution in [1.29, 1.82) is 0 Å². The number of H-pyrrole nitrogens is 1. The van der Waals surface area contributed by atoms with Gasteiger partial charge in [0.25, 0.3) is 5.91 Å². The van der Waals surface area contributed by atoms with Gasteiger partial charge in [-0.3, -0.25) is 4.79 Å². The van der Waals surface area contributed by atoms with Crippen LogP contribution in [0.1, 0.15) is 66.7 Å². The van der Waals surface area contributed by atoms with E-state index in [1.165, 1.54) is 38.5 Å². The van der Waals surface area contributed by atoms with Crippen LogP contribution >= 0.6 is 0 Å². The molecule has 4 aliphatic carbocycles. The molecular weight excluding hydrogens is 422 g/mol. The summed E-state index contributed by atoms with van der Waals surface area (Å²) in [6, 6.07) is 17.4. The van der Waals surface area contributed by atoms with Gasteiger partial charge in [-0.25, -0.2) is 4.98 Å². The van der Waals surface area contributed by atoms with E-state index < -0.39 is 0 Å². The Morgan fingerprint density at radius 3 is 2.38 bits per heavy atom. The number of nitrogens with one attached hydrogen (secondary N) is 2. The van der Waals surface area contributed by atoms with Crippen LogP contribution in [-0.4, -0.2) is 21.0 Å². The molecule has 0 aliphatic heterocycles. The summed E-state index contributed by atoms with van der Waals surface area (Å²) in [5.41, 5.74) is 4.30. The summed E-state index contributed by atoms with van der Waals surface area (Å²) in [5.74, 6) is 3.32. The number of carbonyl (C=O) groups excluding carboxylic acids is 1. The minimum absolute atomic E-state index is 0.0550. The third-order valence-corrected chi connectivity index (χ3v) is 8.48. The van der Waals surface area contributed by atoms with Gasteiger partial charge in [-0.05, 0) is 92.2 Å². The van der Waals surface area contributed by atoms with Gasteiger partial charge in [0.05, 0.1) is 6.61 Å². The zero-order valence-corrected chi connectivity index (χ0v) is 19.6. The van der Waals surface area contributed by atoms with E-state index in [0.29, 0.717) is 16.8 Å². The quantitative estimate of drug-likeness (QED) is 0.411. The Labute approximate surface area is 201 Å². The first-order valence-electron chi connectivity index (χ1n) is 12.7. The number of imidazole rings is 1. The van der Waals surface area contributed by atoms with Crippen molar-refractivity contribution in [1.82, 2.24) is 9.97 Å². The Bertz CT molecular complexity index is 1150. The number of hydrogen-bond acceptors (Lipinski definition) is 3. The average Bonchev–Trinajstić information content (AvgIpc) is 3.27. The Kier molecular flexibility index (Phi) is 5.53. The van der Waals surface area contributed by atoms with Crippen molar-refractivity contribution in [2.45, 2.75) is 58.0 Å². The molecule has 1 aromatic heterocycles. The van der Waals surface area contributed by atoms with Crippen molar-refractivity contribution in [3.63, 3.8) is 0 Å². The molecule has 4 saturated carbocycles.